The van der Waals surface area contributed by atoms with Crippen LogP contribution in [-0.4, -0.2) is 32.9 Å². The number of esters is 1. The van der Waals surface area contributed by atoms with E-state index in [-0.39, 0.29) is 5.97 Å². The fourth-order valence-corrected chi connectivity index (χ4v) is 2.15. The van der Waals surface area contributed by atoms with Crippen molar-refractivity contribution in [3.8, 4) is 0 Å². The largest absolute Gasteiger partial charge is 0.469 e. The minimum absolute atomic E-state index is 0.225. The molecule has 0 saturated carbocycles. The standard InChI is InChI=1S/C15H20O4/c1-17-15(16)8-13-4-2-3-5-14(13)11-19-10-12-6-7-18-9-12/h2-5,12H,6-11H2,1H3. The summed E-state index contributed by atoms with van der Waals surface area (Å²) in [6.45, 7) is 2.88. The summed E-state index contributed by atoms with van der Waals surface area (Å²) in [5.41, 5.74) is 2.02. The summed E-state index contributed by atoms with van der Waals surface area (Å²) in [7, 11) is 1.40. The van der Waals surface area contributed by atoms with Gasteiger partial charge in [0.2, 0.25) is 0 Å². The van der Waals surface area contributed by atoms with E-state index in [0.29, 0.717) is 25.6 Å². The molecule has 0 amide bonds. The Labute approximate surface area is 113 Å². The van der Waals surface area contributed by atoms with Crippen molar-refractivity contribution in [2.45, 2.75) is 19.4 Å². The molecule has 0 aromatic heterocycles. The number of hydrogen-bond acceptors (Lipinski definition) is 4. The molecule has 1 aromatic rings. The average Bonchev–Trinajstić information content (AvgIpc) is 2.94. The molecule has 1 saturated heterocycles. The number of benzene rings is 1. The summed E-state index contributed by atoms with van der Waals surface area (Å²) >= 11 is 0. The van der Waals surface area contributed by atoms with Crippen molar-refractivity contribution in [2.75, 3.05) is 26.9 Å². The molecule has 4 nitrogen and oxygen atoms in total. The van der Waals surface area contributed by atoms with E-state index in [1.807, 2.05) is 24.3 Å². The molecule has 1 aromatic carbocycles. The van der Waals surface area contributed by atoms with Crippen molar-refractivity contribution in [3.05, 3.63) is 35.4 Å². The molecular weight excluding hydrogens is 244 g/mol. The smallest absolute Gasteiger partial charge is 0.309 e. The highest BCUT2D eigenvalue weighted by atomic mass is 16.5. The summed E-state index contributed by atoms with van der Waals surface area (Å²) < 4.78 is 15.7. The zero-order chi connectivity index (χ0) is 13.5. The van der Waals surface area contributed by atoms with Gasteiger partial charge in [0.05, 0.1) is 33.4 Å². The van der Waals surface area contributed by atoms with Crippen LogP contribution < -0.4 is 0 Å². The Balaban J connectivity index is 1.86. The van der Waals surface area contributed by atoms with Crippen LogP contribution in [0.15, 0.2) is 24.3 Å². The molecule has 1 atom stereocenters. The predicted molar refractivity (Wildman–Crippen MR) is 70.7 cm³/mol. The minimum atomic E-state index is -0.225. The normalized spacial score (nSPS) is 18.5. The van der Waals surface area contributed by atoms with Gasteiger partial charge in [-0.2, -0.15) is 0 Å². The van der Waals surface area contributed by atoms with Crippen molar-refractivity contribution < 1.29 is 19.0 Å². The van der Waals surface area contributed by atoms with Gasteiger partial charge in [0.15, 0.2) is 0 Å². The van der Waals surface area contributed by atoms with E-state index in [0.717, 1.165) is 30.8 Å². The van der Waals surface area contributed by atoms with Gasteiger partial charge in [-0.05, 0) is 17.5 Å². The van der Waals surface area contributed by atoms with Crippen LogP contribution in [0.5, 0.6) is 0 Å². The van der Waals surface area contributed by atoms with Gasteiger partial charge in [-0.1, -0.05) is 24.3 Å². The monoisotopic (exact) mass is 264 g/mol. The highest BCUT2D eigenvalue weighted by molar-refractivity contribution is 5.72. The Hall–Kier alpha value is -1.39. The molecule has 1 heterocycles. The Morgan fingerprint density at radius 3 is 2.84 bits per heavy atom. The Morgan fingerprint density at radius 1 is 1.37 bits per heavy atom. The molecule has 1 aliphatic rings. The van der Waals surface area contributed by atoms with Gasteiger partial charge in [-0.25, -0.2) is 0 Å². The summed E-state index contributed by atoms with van der Waals surface area (Å²) in [5.74, 6) is 0.282. The third-order valence-electron chi connectivity index (χ3n) is 3.32. The number of carbonyl (C=O) groups excluding carboxylic acids is 1. The molecule has 4 heteroatoms. The maximum absolute atomic E-state index is 11.3. The highest BCUT2D eigenvalue weighted by Gasteiger charge is 2.16. The van der Waals surface area contributed by atoms with Gasteiger partial charge in [-0.3, -0.25) is 4.79 Å². The first-order valence-corrected chi connectivity index (χ1v) is 6.58. The molecule has 19 heavy (non-hydrogen) atoms. The number of carbonyl (C=O) groups is 1. The number of hydrogen-bond donors (Lipinski definition) is 0. The Bertz CT molecular complexity index is 410. The van der Waals surface area contributed by atoms with Gasteiger partial charge in [0.25, 0.3) is 0 Å². The highest BCUT2D eigenvalue weighted by Crippen LogP contribution is 2.15. The van der Waals surface area contributed by atoms with Crippen LogP contribution in [0.25, 0.3) is 0 Å². The van der Waals surface area contributed by atoms with Gasteiger partial charge in [0.1, 0.15) is 0 Å². The van der Waals surface area contributed by atoms with Crippen molar-refractivity contribution in [3.63, 3.8) is 0 Å². The average molecular weight is 264 g/mol. The van der Waals surface area contributed by atoms with Crippen LogP contribution >= 0.6 is 0 Å². The third kappa shape index (κ3) is 4.33. The SMILES string of the molecule is COC(=O)Cc1ccccc1COCC1CCOC1. The van der Waals surface area contributed by atoms with Crippen molar-refractivity contribution in [1.82, 2.24) is 0 Å². The number of rotatable bonds is 6. The molecule has 0 spiro atoms. The lowest BCUT2D eigenvalue weighted by molar-refractivity contribution is -0.139. The van der Waals surface area contributed by atoms with Crippen LogP contribution in [0.2, 0.25) is 0 Å². The second kappa shape index (κ2) is 7.26. The maximum atomic E-state index is 11.3. The molecule has 1 fully saturated rings. The fraction of sp³-hybridized carbons (Fsp3) is 0.533. The first-order valence-electron chi connectivity index (χ1n) is 6.58. The van der Waals surface area contributed by atoms with E-state index >= 15 is 0 Å². The van der Waals surface area contributed by atoms with Crippen molar-refractivity contribution in [1.29, 1.82) is 0 Å². The second-order valence-corrected chi connectivity index (χ2v) is 4.77. The van der Waals surface area contributed by atoms with Crippen molar-refractivity contribution in [2.24, 2.45) is 5.92 Å². The van der Waals surface area contributed by atoms with Crippen LogP contribution in [0.4, 0.5) is 0 Å². The Morgan fingerprint density at radius 2 is 2.16 bits per heavy atom. The summed E-state index contributed by atoms with van der Waals surface area (Å²) in [5, 5.41) is 0. The molecular formula is C15H20O4. The van der Waals surface area contributed by atoms with E-state index < -0.39 is 0 Å². The van der Waals surface area contributed by atoms with Gasteiger partial charge < -0.3 is 14.2 Å². The van der Waals surface area contributed by atoms with Crippen LogP contribution in [0, 0.1) is 5.92 Å². The van der Waals surface area contributed by atoms with E-state index in [9.17, 15) is 4.79 Å². The topological polar surface area (TPSA) is 44.8 Å². The van der Waals surface area contributed by atoms with Crippen LogP contribution in [0.1, 0.15) is 17.5 Å². The van der Waals surface area contributed by atoms with Gasteiger partial charge >= 0.3 is 5.97 Å². The molecule has 0 bridgehead atoms. The lowest BCUT2D eigenvalue weighted by atomic mass is 10.1. The quantitative estimate of drug-likeness (QED) is 0.737. The second-order valence-electron chi connectivity index (χ2n) is 4.77. The first kappa shape index (κ1) is 14.0. The van der Waals surface area contributed by atoms with E-state index in [2.05, 4.69) is 0 Å². The van der Waals surface area contributed by atoms with E-state index in [1.165, 1.54) is 7.11 Å². The first-order chi connectivity index (χ1) is 9.29. The third-order valence-corrected chi connectivity index (χ3v) is 3.32. The molecule has 1 unspecified atom stereocenters. The van der Waals surface area contributed by atoms with Crippen LogP contribution in [0.3, 0.4) is 0 Å². The fourth-order valence-electron chi connectivity index (χ4n) is 2.15. The zero-order valence-corrected chi connectivity index (χ0v) is 11.3. The molecule has 1 aliphatic heterocycles. The van der Waals surface area contributed by atoms with E-state index in [4.69, 9.17) is 14.2 Å². The molecule has 0 radical (unpaired) electrons. The summed E-state index contributed by atoms with van der Waals surface area (Å²) in [6.07, 6.45) is 1.37. The molecule has 0 N–H and O–H groups in total. The van der Waals surface area contributed by atoms with E-state index in [1.54, 1.807) is 0 Å². The zero-order valence-electron chi connectivity index (χ0n) is 11.3. The van der Waals surface area contributed by atoms with Crippen molar-refractivity contribution >= 4 is 5.97 Å². The molecule has 2 rings (SSSR count). The number of methoxy groups -OCH3 is 1. The molecule has 104 valence electrons. The molecule has 0 aliphatic carbocycles. The summed E-state index contributed by atoms with van der Waals surface area (Å²) in [4.78, 5) is 11.3. The van der Waals surface area contributed by atoms with Crippen LogP contribution in [-0.2, 0) is 32.0 Å². The minimum Gasteiger partial charge on any atom is -0.469 e. The predicted octanol–water partition coefficient (Wildman–Crippen LogP) is 1.96. The maximum Gasteiger partial charge on any atom is 0.309 e. The summed E-state index contributed by atoms with van der Waals surface area (Å²) in [6, 6.07) is 7.81. The van der Waals surface area contributed by atoms with Gasteiger partial charge in [0, 0.05) is 12.5 Å². The lowest BCUT2D eigenvalue weighted by Crippen LogP contribution is -2.11. The van der Waals surface area contributed by atoms with Gasteiger partial charge in [-0.15, -0.1) is 0 Å². The number of ether oxygens (including phenoxy) is 3. The Kier molecular flexibility index (Phi) is 5.36. The lowest BCUT2D eigenvalue weighted by Gasteiger charge is -2.11.